The van der Waals surface area contributed by atoms with Crippen molar-refractivity contribution in [2.45, 2.75) is 49.2 Å². The van der Waals surface area contributed by atoms with E-state index >= 15 is 0 Å². The first-order chi connectivity index (χ1) is 13.9. The number of guanidine groups is 2. The highest BCUT2D eigenvalue weighted by atomic mass is 32.2. The van der Waals surface area contributed by atoms with Crippen LogP contribution in [0.5, 0.6) is 0 Å². The quantitative estimate of drug-likeness (QED) is 0.680. The van der Waals surface area contributed by atoms with Crippen molar-refractivity contribution in [3.05, 3.63) is 48.4 Å². The number of nitrogens with zero attached hydrogens (tertiary/aromatic N) is 3. The van der Waals surface area contributed by atoms with E-state index < -0.39 is 15.7 Å². The summed E-state index contributed by atoms with van der Waals surface area (Å²) in [6.07, 6.45) is 6.30. The van der Waals surface area contributed by atoms with Crippen LogP contribution < -0.4 is 21.1 Å². The molecule has 2 heterocycles. The van der Waals surface area contributed by atoms with Crippen molar-refractivity contribution >= 4 is 27.6 Å². The summed E-state index contributed by atoms with van der Waals surface area (Å²) in [5.41, 5.74) is 12.3. The largest absolute Gasteiger partial charge is 0.468 e. The van der Waals surface area contributed by atoms with Gasteiger partial charge in [-0.3, -0.25) is 4.90 Å². The van der Waals surface area contributed by atoms with Crippen LogP contribution in [-0.2, 0) is 16.6 Å². The van der Waals surface area contributed by atoms with Crippen LogP contribution in [0.25, 0.3) is 0 Å². The Kier molecular flexibility index (Phi) is 5.05. The predicted octanol–water partition coefficient (Wildman–Crippen LogP) is 1.87. The lowest BCUT2D eigenvalue weighted by atomic mass is 9.87. The van der Waals surface area contributed by atoms with E-state index in [0.29, 0.717) is 5.76 Å². The Bertz CT molecular complexity index is 1020. The van der Waals surface area contributed by atoms with Crippen LogP contribution in [-0.4, -0.2) is 26.0 Å². The molecule has 0 bridgehead atoms. The minimum Gasteiger partial charge on any atom is -0.468 e. The number of aliphatic imine (C=N–C) groups is 2. The Hall–Kier alpha value is -2.85. The van der Waals surface area contributed by atoms with Crippen LogP contribution in [0.15, 0.2) is 62.0 Å². The molecule has 0 atom stereocenters. The Labute approximate surface area is 169 Å². The van der Waals surface area contributed by atoms with Gasteiger partial charge in [-0.05, 0) is 62.1 Å². The van der Waals surface area contributed by atoms with E-state index in [1.165, 1.54) is 6.26 Å². The molecule has 1 aliphatic carbocycles. The van der Waals surface area contributed by atoms with Crippen molar-refractivity contribution in [1.82, 2.24) is 4.72 Å². The molecule has 1 aromatic carbocycles. The van der Waals surface area contributed by atoms with Gasteiger partial charge in [0.2, 0.25) is 21.9 Å². The molecule has 1 spiro atoms. The Balaban J connectivity index is 1.58. The van der Waals surface area contributed by atoms with E-state index in [0.717, 1.165) is 37.8 Å². The molecule has 9 nitrogen and oxygen atoms in total. The number of nitrogens with two attached hydrogens (primary N) is 2. The zero-order valence-corrected chi connectivity index (χ0v) is 16.7. The van der Waals surface area contributed by atoms with Crippen molar-refractivity contribution in [2.24, 2.45) is 21.5 Å². The molecular weight excluding hydrogens is 392 g/mol. The molecule has 2 aromatic rings. The van der Waals surface area contributed by atoms with Gasteiger partial charge >= 0.3 is 0 Å². The maximum Gasteiger partial charge on any atom is 0.240 e. The molecule has 1 saturated carbocycles. The van der Waals surface area contributed by atoms with Crippen LogP contribution in [0, 0.1) is 0 Å². The lowest BCUT2D eigenvalue weighted by Crippen LogP contribution is -2.58. The second-order valence-corrected chi connectivity index (χ2v) is 8.98. The Morgan fingerprint density at radius 1 is 1.10 bits per heavy atom. The number of benzene rings is 1. The van der Waals surface area contributed by atoms with Crippen LogP contribution in [0.4, 0.5) is 5.69 Å². The number of rotatable bonds is 5. The molecule has 1 aromatic heterocycles. The molecule has 29 heavy (non-hydrogen) atoms. The molecule has 154 valence electrons. The zero-order valence-electron chi connectivity index (χ0n) is 15.9. The third kappa shape index (κ3) is 3.85. The fourth-order valence-corrected chi connectivity index (χ4v) is 4.93. The van der Waals surface area contributed by atoms with Gasteiger partial charge < -0.3 is 15.9 Å². The number of furan rings is 1. The number of anilines is 1. The maximum atomic E-state index is 12.6. The van der Waals surface area contributed by atoms with E-state index in [-0.39, 0.29) is 23.4 Å². The molecule has 0 unspecified atom stereocenters. The monoisotopic (exact) mass is 416 g/mol. The number of hydrogen-bond acceptors (Lipinski definition) is 8. The van der Waals surface area contributed by atoms with E-state index in [2.05, 4.69) is 14.7 Å². The van der Waals surface area contributed by atoms with Gasteiger partial charge in [-0.2, -0.15) is 4.99 Å². The second-order valence-electron chi connectivity index (χ2n) is 7.22. The van der Waals surface area contributed by atoms with E-state index in [9.17, 15) is 8.42 Å². The van der Waals surface area contributed by atoms with E-state index in [1.54, 1.807) is 36.4 Å². The number of hydrogen-bond donors (Lipinski definition) is 3. The average Bonchev–Trinajstić information content (AvgIpc) is 3.21. The van der Waals surface area contributed by atoms with E-state index in [1.807, 2.05) is 4.90 Å². The Morgan fingerprint density at radius 2 is 1.83 bits per heavy atom. The summed E-state index contributed by atoms with van der Waals surface area (Å²) < 4.78 is 32.8. The summed E-state index contributed by atoms with van der Waals surface area (Å²) in [5, 5.41) is 0. The molecule has 0 saturated heterocycles. The Morgan fingerprint density at radius 3 is 2.48 bits per heavy atom. The molecular formula is C19H24N6O3S. The topological polar surface area (TPSA) is 139 Å². The minimum atomic E-state index is -3.68. The highest BCUT2D eigenvalue weighted by Gasteiger charge is 2.42. The summed E-state index contributed by atoms with van der Waals surface area (Å²) in [6, 6.07) is 9.95. The molecule has 0 amide bonds. The summed E-state index contributed by atoms with van der Waals surface area (Å²) in [7, 11) is -3.68. The molecule has 2 aliphatic rings. The summed E-state index contributed by atoms with van der Waals surface area (Å²) in [4.78, 5) is 10.8. The predicted molar refractivity (Wildman–Crippen MR) is 111 cm³/mol. The third-order valence-corrected chi connectivity index (χ3v) is 6.69. The standard InChI is InChI=1S/C19H24N6O3S/c20-17-23-18(21)25(19(24-17)10-2-1-3-11-19)14-6-8-16(9-7-14)29(26,27)22-13-15-5-4-12-28-15/h4-9,12,22H,1-3,10-11,13H2,(H4,20,21,23,24). The van der Waals surface area contributed by atoms with Crippen molar-refractivity contribution in [1.29, 1.82) is 0 Å². The first kappa shape index (κ1) is 19.5. The average molecular weight is 417 g/mol. The van der Waals surface area contributed by atoms with Gasteiger partial charge in [-0.15, -0.1) is 0 Å². The minimum absolute atomic E-state index is 0.0833. The highest BCUT2D eigenvalue weighted by Crippen LogP contribution is 2.39. The second kappa shape index (κ2) is 7.53. The van der Waals surface area contributed by atoms with Crippen LogP contribution in [0.3, 0.4) is 0 Å². The maximum absolute atomic E-state index is 12.6. The highest BCUT2D eigenvalue weighted by molar-refractivity contribution is 7.89. The van der Waals surface area contributed by atoms with Gasteiger partial charge in [0.05, 0.1) is 17.7 Å². The van der Waals surface area contributed by atoms with Gasteiger partial charge in [-0.1, -0.05) is 6.42 Å². The SMILES string of the molecule is NC1=NC2(CCCCC2)N(c2ccc(S(=O)(=O)NCc3ccco3)cc2)C(N)=N1. The lowest BCUT2D eigenvalue weighted by molar-refractivity contribution is 0.305. The summed E-state index contributed by atoms with van der Waals surface area (Å²) in [5.74, 6) is 0.991. The molecule has 1 fully saturated rings. The number of sulfonamides is 1. The van der Waals surface area contributed by atoms with Crippen molar-refractivity contribution in [3.8, 4) is 0 Å². The van der Waals surface area contributed by atoms with Crippen molar-refractivity contribution in [2.75, 3.05) is 4.90 Å². The number of nitrogens with one attached hydrogen (secondary N) is 1. The summed E-state index contributed by atoms with van der Waals surface area (Å²) in [6.45, 7) is 0.0833. The van der Waals surface area contributed by atoms with Crippen LogP contribution in [0.1, 0.15) is 37.9 Å². The molecule has 1 aliphatic heterocycles. The van der Waals surface area contributed by atoms with Crippen LogP contribution in [0.2, 0.25) is 0 Å². The summed E-state index contributed by atoms with van der Waals surface area (Å²) >= 11 is 0. The first-order valence-corrected chi connectivity index (χ1v) is 11.0. The van der Waals surface area contributed by atoms with Gasteiger partial charge in [0, 0.05) is 5.69 Å². The molecule has 5 N–H and O–H groups in total. The van der Waals surface area contributed by atoms with Crippen LogP contribution >= 0.6 is 0 Å². The molecule has 0 radical (unpaired) electrons. The fourth-order valence-electron chi connectivity index (χ4n) is 3.93. The van der Waals surface area contributed by atoms with Gasteiger partial charge in [0.25, 0.3) is 0 Å². The normalized spacial score (nSPS) is 19.1. The van der Waals surface area contributed by atoms with Crippen molar-refractivity contribution in [3.63, 3.8) is 0 Å². The van der Waals surface area contributed by atoms with Gasteiger partial charge in [0.1, 0.15) is 11.4 Å². The molecule has 4 rings (SSSR count). The van der Waals surface area contributed by atoms with Gasteiger partial charge in [0.15, 0.2) is 0 Å². The molecule has 10 heteroatoms. The third-order valence-electron chi connectivity index (χ3n) is 5.27. The first-order valence-electron chi connectivity index (χ1n) is 9.51. The van der Waals surface area contributed by atoms with E-state index in [4.69, 9.17) is 15.9 Å². The smallest absolute Gasteiger partial charge is 0.240 e. The van der Waals surface area contributed by atoms with Gasteiger partial charge in [-0.25, -0.2) is 18.1 Å². The zero-order chi connectivity index (χ0) is 20.5. The van der Waals surface area contributed by atoms with Crippen molar-refractivity contribution < 1.29 is 12.8 Å². The fraction of sp³-hybridized carbons (Fsp3) is 0.368. The lowest BCUT2D eigenvalue weighted by Gasteiger charge is -2.45.